The smallest absolute Gasteiger partial charge is 0.303 e. The first-order valence-electron chi connectivity index (χ1n) is 11.6. The van der Waals surface area contributed by atoms with E-state index in [9.17, 15) is 19.1 Å². The zero-order valence-corrected chi connectivity index (χ0v) is 19.9. The Labute approximate surface area is 208 Å². The van der Waals surface area contributed by atoms with E-state index >= 15 is 0 Å². The van der Waals surface area contributed by atoms with Gasteiger partial charge in [-0.3, -0.25) is 9.59 Å². The van der Waals surface area contributed by atoms with Crippen LogP contribution in [0.5, 0.6) is 0 Å². The van der Waals surface area contributed by atoms with E-state index in [-0.39, 0.29) is 24.6 Å². The van der Waals surface area contributed by atoms with Crippen LogP contribution in [0, 0.1) is 5.82 Å². The number of carbonyl (C=O) groups excluding carboxylic acids is 1. The second kappa shape index (κ2) is 10.3. The maximum Gasteiger partial charge on any atom is 0.303 e. The summed E-state index contributed by atoms with van der Waals surface area (Å²) >= 11 is 0. The number of anilines is 1. The Hall–Kier alpha value is -4.07. The summed E-state index contributed by atoms with van der Waals surface area (Å²) in [6, 6.07) is 24.3. The van der Waals surface area contributed by atoms with Crippen LogP contribution >= 0.6 is 0 Å². The fourth-order valence-electron chi connectivity index (χ4n) is 4.34. The van der Waals surface area contributed by atoms with Gasteiger partial charge < -0.3 is 21.9 Å². The molecular weight excluding hydrogens is 457 g/mol. The van der Waals surface area contributed by atoms with Gasteiger partial charge in [-0.1, -0.05) is 72.8 Å². The molecule has 6 nitrogen and oxygen atoms in total. The van der Waals surface area contributed by atoms with E-state index < -0.39 is 17.6 Å². The molecule has 0 saturated heterocycles. The molecule has 0 heterocycles. The number of nitrogens with one attached hydrogen (secondary N) is 1. The van der Waals surface area contributed by atoms with Gasteiger partial charge in [-0.25, -0.2) is 4.39 Å². The highest BCUT2D eigenvalue weighted by molar-refractivity contribution is 6.00. The highest BCUT2D eigenvalue weighted by Crippen LogP contribution is 2.31. The van der Waals surface area contributed by atoms with Crippen LogP contribution < -0.4 is 16.8 Å². The van der Waals surface area contributed by atoms with E-state index in [1.165, 1.54) is 6.07 Å². The first-order valence-corrected chi connectivity index (χ1v) is 11.6. The molecule has 36 heavy (non-hydrogen) atoms. The lowest BCUT2D eigenvalue weighted by atomic mass is 9.90. The standard InChI is InChI=1S/C29H28FN3O3/c1-18(22-14-15-25(30)24-10-6-5-9-23(22)24)28(36)33-26-17-21(13-11-19(26)12-16-27(34)35)29(31,32)20-7-3-2-4-8-20/h2-11,13-15,17-18H,12,16,31-32H2,1H3,(H,33,36)(H,34,35). The molecule has 0 radical (unpaired) electrons. The lowest BCUT2D eigenvalue weighted by Crippen LogP contribution is -2.47. The summed E-state index contributed by atoms with van der Waals surface area (Å²) in [5.74, 6) is -2.23. The molecule has 0 aliphatic rings. The maximum absolute atomic E-state index is 14.3. The molecule has 4 rings (SSSR count). The fourth-order valence-corrected chi connectivity index (χ4v) is 4.34. The van der Waals surface area contributed by atoms with Crippen molar-refractivity contribution in [2.75, 3.05) is 5.32 Å². The van der Waals surface area contributed by atoms with Crippen LogP contribution in [0.25, 0.3) is 10.8 Å². The summed E-state index contributed by atoms with van der Waals surface area (Å²) < 4.78 is 14.3. The van der Waals surface area contributed by atoms with Crippen LogP contribution in [-0.4, -0.2) is 17.0 Å². The molecule has 1 amide bonds. The summed E-state index contributed by atoms with van der Waals surface area (Å²) in [7, 11) is 0. The third-order valence-electron chi connectivity index (χ3n) is 6.47. The highest BCUT2D eigenvalue weighted by Gasteiger charge is 2.26. The lowest BCUT2D eigenvalue weighted by molar-refractivity contribution is -0.137. The largest absolute Gasteiger partial charge is 0.481 e. The second-order valence-corrected chi connectivity index (χ2v) is 8.89. The van der Waals surface area contributed by atoms with E-state index in [1.807, 2.05) is 30.3 Å². The number of benzene rings is 4. The molecule has 7 heteroatoms. The Morgan fingerprint density at radius 1 is 0.917 bits per heavy atom. The number of nitrogens with two attached hydrogens (primary N) is 2. The third-order valence-corrected chi connectivity index (χ3v) is 6.47. The maximum atomic E-state index is 14.3. The molecule has 0 aliphatic carbocycles. The quantitative estimate of drug-likeness (QED) is 0.266. The number of carbonyl (C=O) groups is 2. The van der Waals surface area contributed by atoms with Gasteiger partial charge in [-0.2, -0.15) is 0 Å². The molecule has 4 aromatic rings. The van der Waals surface area contributed by atoms with Crippen LogP contribution in [0.4, 0.5) is 10.1 Å². The number of aliphatic carboxylic acids is 1. The summed E-state index contributed by atoms with van der Waals surface area (Å²) in [6.07, 6.45) is 0.113. The Kier molecular flexibility index (Phi) is 7.15. The van der Waals surface area contributed by atoms with Gasteiger partial charge in [0, 0.05) is 17.5 Å². The van der Waals surface area contributed by atoms with Crippen molar-refractivity contribution in [1.29, 1.82) is 0 Å². The van der Waals surface area contributed by atoms with Crippen molar-refractivity contribution in [2.24, 2.45) is 11.5 Å². The number of amides is 1. The van der Waals surface area contributed by atoms with Crippen LogP contribution in [-0.2, 0) is 21.7 Å². The summed E-state index contributed by atoms with van der Waals surface area (Å²) in [4.78, 5) is 24.6. The van der Waals surface area contributed by atoms with Gasteiger partial charge in [-0.05, 0) is 53.1 Å². The van der Waals surface area contributed by atoms with E-state index in [0.717, 1.165) is 0 Å². The molecule has 1 unspecified atom stereocenters. The average molecular weight is 486 g/mol. The molecule has 0 fully saturated rings. The second-order valence-electron chi connectivity index (χ2n) is 8.89. The third kappa shape index (κ3) is 5.12. The van der Waals surface area contributed by atoms with E-state index in [0.29, 0.717) is 38.7 Å². The van der Waals surface area contributed by atoms with Crippen LogP contribution in [0.3, 0.4) is 0 Å². The van der Waals surface area contributed by atoms with E-state index in [1.54, 1.807) is 55.5 Å². The van der Waals surface area contributed by atoms with E-state index in [4.69, 9.17) is 11.5 Å². The van der Waals surface area contributed by atoms with Crippen molar-refractivity contribution in [1.82, 2.24) is 0 Å². The number of halogens is 1. The number of carboxylic acids is 1. The van der Waals surface area contributed by atoms with Crippen molar-refractivity contribution in [3.63, 3.8) is 0 Å². The number of aryl methyl sites for hydroxylation is 1. The minimum Gasteiger partial charge on any atom is -0.481 e. The minimum atomic E-state index is -1.33. The van der Waals surface area contributed by atoms with Gasteiger partial charge >= 0.3 is 5.97 Å². The predicted molar refractivity (Wildman–Crippen MR) is 139 cm³/mol. The van der Waals surface area contributed by atoms with Crippen molar-refractivity contribution in [3.8, 4) is 0 Å². The SMILES string of the molecule is CC(C(=O)Nc1cc(C(N)(N)c2ccccc2)ccc1CCC(=O)O)c1ccc(F)c2ccccc12. The topological polar surface area (TPSA) is 118 Å². The van der Waals surface area contributed by atoms with E-state index in [2.05, 4.69) is 5.32 Å². The Morgan fingerprint density at radius 3 is 2.28 bits per heavy atom. The molecule has 4 aromatic carbocycles. The van der Waals surface area contributed by atoms with Crippen LogP contribution in [0.15, 0.2) is 84.9 Å². The molecule has 184 valence electrons. The molecule has 6 N–H and O–H groups in total. The minimum absolute atomic E-state index is 0.102. The molecule has 0 spiro atoms. The number of hydrogen-bond acceptors (Lipinski definition) is 4. The zero-order valence-electron chi connectivity index (χ0n) is 19.9. The monoisotopic (exact) mass is 485 g/mol. The van der Waals surface area contributed by atoms with Crippen LogP contribution in [0.1, 0.15) is 41.5 Å². The molecule has 0 aromatic heterocycles. The van der Waals surface area contributed by atoms with Crippen molar-refractivity contribution in [3.05, 3.63) is 113 Å². The Morgan fingerprint density at radius 2 is 1.58 bits per heavy atom. The number of hydrogen-bond donors (Lipinski definition) is 4. The van der Waals surface area contributed by atoms with Crippen molar-refractivity contribution >= 4 is 28.3 Å². The van der Waals surface area contributed by atoms with Gasteiger partial charge in [0.25, 0.3) is 0 Å². The molecule has 0 saturated carbocycles. The number of carboxylic acid groups (broad SMARTS) is 1. The fraction of sp³-hybridized carbons (Fsp3) is 0.172. The normalized spacial score (nSPS) is 12.3. The summed E-state index contributed by atoms with van der Waals surface area (Å²) in [5, 5.41) is 13.2. The lowest BCUT2D eigenvalue weighted by Gasteiger charge is -2.27. The molecular formula is C29H28FN3O3. The Balaban J connectivity index is 1.69. The average Bonchev–Trinajstić information content (AvgIpc) is 2.88. The first kappa shape index (κ1) is 25.0. The van der Waals surface area contributed by atoms with Crippen molar-refractivity contribution < 1.29 is 19.1 Å². The number of rotatable bonds is 8. The first-order chi connectivity index (χ1) is 17.2. The molecule has 1 atom stereocenters. The van der Waals surface area contributed by atoms with Gasteiger partial charge in [0.1, 0.15) is 11.5 Å². The predicted octanol–water partition coefficient (Wildman–Crippen LogP) is 4.86. The summed E-state index contributed by atoms with van der Waals surface area (Å²) in [6.45, 7) is 1.75. The van der Waals surface area contributed by atoms with Gasteiger partial charge in [0.2, 0.25) is 5.91 Å². The zero-order chi connectivity index (χ0) is 25.9. The summed E-state index contributed by atoms with van der Waals surface area (Å²) in [5.41, 5.74) is 14.7. The van der Waals surface area contributed by atoms with Crippen molar-refractivity contribution in [2.45, 2.75) is 31.3 Å². The number of fused-ring (bicyclic) bond motifs is 1. The van der Waals surface area contributed by atoms with Gasteiger partial charge in [-0.15, -0.1) is 0 Å². The molecule has 0 aliphatic heterocycles. The Bertz CT molecular complexity index is 1420. The van der Waals surface area contributed by atoms with Crippen LogP contribution in [0.2, 0.25) is 0 Å². The van der Waals surface area contributed by atoms with Gasteiger partial charge in [0.05, 0.1) is 5.92 Å². The highest BCUT2D eigenvalue weighted by atomic mass is 19.1. The molecule has 0 bridgehead atoms. The van der Waals surface area contributed by atoms with Gasteiger partial charge in [0.15, 0.2) is 0 Å².